The van der Waals surface area contributed by atoms with E-state index in [0.717, 1.165) is 5.69 Å². The van der Waals surface area contributed by atoms with Crippen molar-refractivity contribution < 1.29 is 27.1 Å². The van der Waals surface area contributed by atoms with Crippen LogP contribution in [0.25, 0.3) is 0 Å². The van der Waals surface area contributed by atoms with Crippen LogP contribution in [-0.2, 0) is 11.8 Å². The zero-order chi connectivity index (χ0) is 14.8. The molecule has 1 aromatic heterocycles. The van der Waals surface area contributed by atoms with Gasteiger partial charge in [0.05, 0.1) is 0 Å². The van der Waals surface area contributed by atoms with Crippen molar-refractivity contribution in [2.24, 2.45) is 7.05 Å². The van der Waals surface area contributed by atoms with E-state index < -0.39 is 31.3 Å². The third kappa shape index (κ3) is 3.56. The monoisotopic (exact) mass is 281 g/mol. The number of ether oxygens (including phenoxy) is 1. The van der Waals surface area contributed by atoms with Crippen LogP contribution >= 0.6 is 0 Å². The molecule has 0 saturated heterocycles. The van der Waals surface area contributed by atoms with Crippen LogP contribution in [0.3, 0.4) is 0 Å². The van der Waals surface area contributed by atoms with Gasteiger partial charge in [-0.15, -0.1) is 0 Å². The number of alkyl halides is 4. The highest BCUT2D eigenvalue weighted by Crippen LogP contribution is 2.23. The molecule has 0 amide bonds. The Hall–Kier alpha value is -1.37. The van der Waals surface area contributed by atoms with Crippen LogP contribution in [0.5, 0.6) is 0 Å². The van der Waals surface area contributed by atoms with E-state index in [4.69, 9.17) is 0 Å². The number of nitrogens with zero attached hydrogens (tertiary/aromatic N) is 1. The first-order valence-electron chi connectivity index (χ1n) is 5.56. The maximum Gasteiger partial charge on any atom is 0.330 e. The zero-order valence-electron chi connectivity index (χ0n) is 10.8. The van der Waals surface area contributed by atoms with Gasteiger partial charge in [0.2, 0.25) is 0 Å². The lowest BCUT2D eigenvalue weighted by Gasteiger charge is -2.14. The Bertz CT molecular complexity index is 469. The molecular weight excluding hydrogens is 266 g/mol. The van der Waals surface area contributed by atoms with E-state index in [-0.39, 0.29) is 0 Å². The minimum atomic E-state index is -4.23. The van der Waals surface area contributed by atoms with Gasteiger partial charge in [0.1, 0.15) is 13.2 Å². The summed E-state index contributed by atoms with van der Waals surface area (Å²) in [5.41, 5.74) is 1.85. The van der Waals surface area contributed by atoms with Crippen molar-refractivity contribution in [3.8, 4) is 0 Å². The second-order valence-electron chi connectivity index (χ2n) is 4.32. The normalized spacial score (nSPS) is 12.2. The highest BCUT2D eigenvalue weighted by Gasteiger charge is 2.41. The third-order valence-corrected chi connectivity index (χ3v) is 2.92. The van der Waals surface area contributed by atoms with E-state index in [0.29, 0.717) is 11.3 Å². The number of halogens is 4. The van der Waals surface area contributed by atoms with Crippen LogP contribution < -0.4 is 0 Å². The summed E-state index contributed by atoms with van der Waals surface area (Å²) in [6.07, 6.45) is -3.80. The van der Waals surface area contributed by atoms with Crippen molar-refractivity contribution in [3.63, 3.8) is 0 Å². The molecule has 0 bridgehead atoms. The molecule has 0 aromatic carbocycles. The van der Waals surface area contributed by atoms with Gasteiger partial charge in [-0.25, -0.2) is 8.78 Å². The van der Waals surface area contributed by atoms with E-state index in [1.54, 1.807) is 31.5 Å². The fourth-order valence-corrected chi connectivity index (χ4v) is 1.56. The molecule has 0 N–H and O–H groups in total. The fourth-order valence-electron chi connectivity index (χ4n) is 1.56. The Morgan fingerprint density at radius 2 is 2.00 bits per heavy atom. The maximum atomic E-state index is 12.6. The molecule has 3 nitrogen and oxygen atoms in total. The molecule has 1 rings (SSSR count). The van der Waals surface area contributed by atoms with Gasteiger partial charge in [-0.1, -0.05) is 0 Å². The SMILES string of the molecule is Cc1cc(C(=O)COCC(F)(F)C(F)F)c(C)n1C. The standard InChI is InChI=1S/C12H15F4NO2/c1-7-4-9(8(2)17(7)3)10(18)5-19-6-12(15,16)11(13)14/h4,11H,5-6H2,1-3H3. The van der Waals surface area contributed by atoms with Crippen LogP contribution in [0, 0.1) is 13.8 Å². The van der Waals surface area contributed by atoms with Gasteiger partial charge < -0.3 is 9.30 Å². The molecule has 19 heavy (non-hydrogen) atoms. The molecule has 1 heterocycles. The smallest absolute Gasteiger partial charge is 0.330 e. The highest BCUT2D eigenvalue weighted by molar-refractivity contribution is 5.98. The van der Waals surface area contributed by atoms with Gasteiger partial charge in [-0.3, -0.25) is 4.79 Å². The fraction of sp³-hybridized carbons (Fsp3) is 0.583. The van der Waals surface area contributed by atoms with E-state index in [1.165, 1.54) is 0 Å². The molecule has 108 valence electrons. The summed E-state index contributed by atoms with van der Waals surface area (Å²) in [4.78, 5) is 11.7. The van der Waals surface area contributed by atoms with E-state index >= 15 is 0 Å². The average Bonchev–Trinajstić information content (AvgIpc) is 2.56. The van der Waals surface area contributed by atoms with Crippen LogP contribution in [-0.4, -0.2) is 35.9 Å². The molecule has 0 saturated carbocycles. The van der Waals surface area contributed by atoms with Crippen LogP contribution in [0.15, 0.2) is 6.07 Å². The Labute approximate surface area is 108 Å². The van der Waals surface area contributed by atoms with Gasteiger partial charge >= 0.3 is 12.3 Å². The summed E-state index contributed by atoms with van der Waals surface area (Å²) >= 11 is 0. The van der Waals surface area contributed by atoms with E-state index in [1.807, 2.05) is 0 Å². The number of carbonyl (C=O) groups excluding carboxylic acids is 1. The van der Waals surface area contributed by atoms with Crippen LogP contribution in [0.1, 0.15) is 21.7 Å². The zero-order valence-corrected chi connectivity index (χ0v) is 10.8. The van der Waals surface area contributed by atoms with Crippen molar-refractivity contribution in [2.75, 3.05) is 13.2 Å². The molecule has 0 aliphatic heterocycles. The molecule has 1 aromatic rings. The molecule has 0 atom stereocenters. The molecular formula is C12H15F4NO2. The first kappa shape index (κ1) is 15.7. The Balaban J connectivity index is 2.60. The molecule has 0 radical (unpaired) electrons. The Morgan fingerprint density at radius 1 is 1.42 bits per heavy atom. The molecule has 0 fully saturated rings. The van der Waals surface area contributed by atoms with Crippen molar-refractivity contribution in [1.29, 1.82) is 0 Å². The van der Waals surface area contributed by atoms with Gasteiger partial charge in [0.15, 0.2) is 5.78 Å². The number of aromatic nitrogens is 1. The number of carbonyl (C=O) groups is 1. The minimum absolute atomic E-state index is 0.348. The van der Waals surface area contributed by atoms with Crippen molar-refractivity contribution in [3.05, 3.63) is 23.0 Å². The van der Waals surface area contributed by atoms with Crippen molar-refractivity contribution in [1.82, 2.24) is 4.57 Å². The van der Waals surface area contributed by atoms with Gasteiger partial charge in [-0.05, 0) is 19.9 Å². The van der Waals surface area contributed by atoms with E-state index in [9.17, 15) is 22.4 Å². The first-order chi connectivity index (χ1) is 8.66. The minimum Gasteiger partial charge on any atom is -0.367 e. The average molecular weight is 281 g/mol. The number of hydrogen-bond donors (Lipinski definition) is 0. The molecule has 0 spiro atoms. The van der Waals surface area contributed by atoms with Crippen LogP contribution in [0.2, 0.25) is 0 Å². The summed E-state index contributed by atoms with van der Waals surface area (Å²) in [5, 5.41) is 0. The summed E-state index contributed by atoms with van der Waals surface area (Å²) in [6.45, 7) is 1.37. The lowest BCUT2D eigenvalue weighted by molar-refractivity contribution is -0.163. The summed E-state index contributed by atoms with van der Waals surface area (Å²) in [6, 6.07) is 1.60. The molecule has 7 heteroatoms. The molecule has 0 unspecified atom stereocenters. The van der Waals surface area contributed by atoms with E-state index in [2.05, 4.69) is 4.74 Å². The summed E-state index contributed by atoms with van der Waals surface area (Å²) in [7, 11) is 1.76. The summed E-state index contributed by atoms with van der Waals surface area (Å²) < 4.78 is 55.0. The van der Waals surface area contributed by atoms with Gasteiger partial charge in [-0.2, -0.15) is 8.78 Å². The quantitative estimate of drug-likeness (QED) is 0.593. The van der Waals surface area contributed by atoms with Crippen LogP contribution in [0.4, 0.5) is 17.6 Å². The second-order valence-corrected chi connectivity index (χ2v) is 4.32. The lowest BCUT2D eigenvalue weighted by Crippen LogP contribution is -2.33. The number of ketones is 1. The lowest BCUT2D eigenvalue weighted by atomic mass is 10.1. The Morgan fingerprint density at radius 3 is 2.42 bits per heavy atom. The van der Waals surface area contributed by atoms with Gasteiger partial charge in [0.25, 0.3) is 0 Å². The maximum absolute atomic E-state index is 12.6. The first-order valence-corrected chi connectivity index (χ1v) is 5.56. The predicted octanol–water partition coefficient (Wildman–Crippen LogP) is 2.74. The van der Waals surface area contributed by atoms with Crippen molar-refractivity contribution in [2.45, 2.75) is 26.2 Å². The number of hydrogen-bond acceptors (Lipinski definition) is 2. The van der Waals surface area contributed by atoms with Crippen molar-refractivity contribution >= 4 is 5.78 Å². The number of aryl methyl sites for hydroxylation is 1. The third-order valence-electron chi connectivity index (χ3n) is 2.92. The van der Waals surface area contributed by atoms with Gasteiger partial charge in [0, 0.05) is 24.0 Å². The number of rotatable bonds is 6. The largest absolute Gasteiger partial charge is 0.367 e. The molecule has 0 aliphatic rings. The predicted molar refractivity (Wildman–Crippen MR) is 61.0 cm³/mol. The molecule has 0 aliphatic carbocycles. The summed E-state index contributed by atoms with van der Waals surface area (Å²) in [5.74, 6) is -4.74. The Kier molecular flexibility index (Phi) is 4.73. The second kappa shape index (κ2) is 5.73. The number of Topliss-reactive ketones (excluding diaryl/α,β-unsaturated/α-hetero) is 1. The highest BCUT2D eigenvalue weighted by atomic mass is 19.3. The topological polar surface area (TPSA) is 31.2 Å².